The van der Waals surface area contributed by atoms with Crippen LogP contribution in [0.1, 0.15) is 11.8 Å². The summed E-state index contributed by atoms with van der Waals surface area (Å²) in [5.74, 6) is 0.357. The van der Waals surface area contributed by atoms with E-state index in [1.165, 1.54) is 17.5 Å². The molecule has 0 bridgehead atoms. The van der Waals surface area contributed by atoms with Crippen LogP contribution < -0.4 is 10.6 Å². The monoisotopic (exact) mass is 278 g/mol. The lowest BCUT2D eigenvalue weighted by atomic mass is 10.1. The first-order chi connectivity index (χ1) is 9.08. The Morgan fingerprint density at radius 2 is 2.32 bits per heavy atom. The summed E-state index contributed by atoms with van der Waals surface area (Å²) in [6, 6.07) is 6.55. The van der Waals surface area contributed by atoms with Crippen molar-refractivity contribution < 1.29 is 9.90 Å². The summed E-state index contributed by atoms with van der Waals surface area (Å²) in [5, 5.41) is 24.6. The highest BCUT2D eigenvalue weighted by molar-refractivity contribution is 7.10. The summed E-state index contributed by atoms with van der Waals surface area (Å²) in [4.78, 5) is 12.4. The molecule has 7 heteroatoms. The van der Waals surface area contributed by atoms with Crippen LogP contribution in [-0.2, 0) is 5.60 Å². The lowest BCUT2D eigenvalue weighted by Gasteiger charge is -2.22. The Morgan fingerprint density at radius 1 is 1.47 bits per heavy atom. The number of amides is 2. The maximum atomic E-state index is 11.6. The smallest absolute Gasteiger partial charge is 0.320 e. The van der Waals surface area contributed by atoms with Crippen molar-refractivity contribution in [2.75, 3.05) is 11.9 Å². The Morgan fingerprint density at radius 3 is 2.95 bits per heavy atom. The Balaban J connectivity index is 1.87. The molecule has 0 aliphatic rings. The third-order valence-electron chi connectivity index (χ3n) is 2.46. The summed E-state index contributed by atoms with van der Waals surface area (Å²) in [7, 11) is 0. The maximum Gasteiger partial charge on any atom is 0.320 e. The van der Waals surface area contributed by atoms with Gasteiger partial charge in [-0.05, 0) is 30.5 Å². The van der Waals surface area contributed by atoms with E-state index in [9.17, 15) is 9.90 Å². The van der Waals surface area contributed by atoms with Crippen LogP contribution in [0.5, 0.6) is 0 Å². The number of anilines is 1. The van der Waals surface area contributed by atoms with E-state index < -0.39 is 11.6 Å². The maximum absolute atomic E-state index is 11.6. The van der Waals surface area contributed by atoms with Gasteiger partial charge in [-0.25, -0.2) is 4.79 Å². The van der Waals surface area contributed by atoms with E-state index in [4.69, 9.17) is 0 Å². The first-order valence-corrected chi connectivity index (χ1v) is 6.55. The molecule has 100 valence electrons. The molecule has 2 amide bonds. The molecule has 0 aliphatic carbocycles. The van der Waals surface area contributed by atoms with Gasteiger partial charge in [0.1, 0.15) is 5.60 Å². The van der Waals surface area contributed by atoms with E-state index in [1.54, 1.807) is 19.1 Å². The van der Waals surface area contributed by atoms with E-state index >= 15 is 0 Å². The highest BCUT2D eigenvalue weighted by atomic mass is 32.1. The van der Waals surface area contributed by atoms with Gasteiger partial charge in [0, 0.05) is 11.1 Å². The van der Waals surface area contributed by atoms with Gasteiger partial charge in [-0.15, -0.1) is 16.4 Å². The van der Waals surface area contributed by atoms with Crippen LogP contribution in [0.4, 0.5) is 10.6 Å². The number of hydrogen-bond donors (Lipinski definition) is 3. The van der Waals surface area contributed by atoms with E-state index in [0.29, 0.717) is 5.82 Å². The molecule has 2 heterocycles. The molecule has 2 aromatic rings. The Bertz CT molecular complexity index is 528. The summed E-state index contributed by atoms with van der Waals surface area (Å²) >= 11 is 1.44. The zero-order chi connectivity index (χ0) is 13.7. The third kappa shape index (κ3) is 3.73. The van der Waals surface area contributed by atoms with Crippen molar-refractivity contribution in [3.05, 3.63) is 40.7 Å². The second kappa shape index (κ2) is 5.77. The first-order valence-electron chi connectivity index (χ1n) is 5.67. The number of hydrogen-bond acceptors (Lipinski definition) is 5. The van der Waals surface area contributed by atoms with Crippen molar-refractivity contribution in [1.82, 2.24) is 15.5 Å². The van der Waals surface area contributed by atoms with Crippen molar-refractivity contribution >= 4 is 23.2 Å². The highest BCUT2D eigenvalue weighted by Crippen LogP contribution is 2.24. The standard InChI is InChI=1S/C12H14N4O2S/c1-12(18,9-4-3-7-19-9)8-13-11(17)15-10-5-2-6-14-16-10/h2-7,18H,8H2,1H3,(H2,13,15,16,17). The summed E-state index contributed by atoms with van der Waals surface area (Å²) in [5.41, 5.74) is -1.09. The zero-order valence-corrected chi connectivity index (χ0v) is 11.1. The number of nitrogens with zero attached hydrogens (tertiary/aromatic N) is 2. The molecule has 1 atom stereocenters. The van der Waals surface area contributed by atoms with Crippen LogP contribution in [0.3, 0.4) is 0 Å². The van der Waals surface area contributed by atoms with Gasteiger partial charge < -0.3 is 10.4 Å². The molecule has 0 aromatic carbocycles. The van der Waals surface area contributed by atoms with Crippen molar-refractivity contribution in [3.8, 4) is 0 Å². The van der Waals surface area contributed by atoms with E-state index in [1.807, 2.05) is 17.5 Å². The number of thiophene rings is 1. The summed E-state index contributed by atoms with van der Waals surface area (Å²) < 4.78 is 0. The van der Waals surface area contributed by atoms with Crippen LogP contribution in [0, 0.1) is 0 Å². The van der Waals surface area contributed by atoms with Gasteiger partial charge in [-0.1, -0.05) is 6.07 Å². The fourth-order valence-electron chi connectivity index (χ4n) is 1.45. The number of aromatic nitrogens is 2. The summed E-state index contributed by atoms with van der Waals surface area (Å²) in [6.45, 7) is 1.76. The quantitative estimate of drug-likeness (QED) is 0.792. The largest absolute Gasteiger partial charge is 0.383 e. The van der Waals surface area contributed by atoms with Crippen molar-refractivity contribution in [3.63, 3.8) is 0 Å². The van der Waals surface area contributed by atoms with Crippen molar-refractivity contribution in [2.24, 2.45) is 0 Å². The fourth-order valence-corrected chi connectivity index (χ4v) is 2.24. The molecule has 1 unspecified atom stereocenters. The molecule has 0 saturated heterocycles. The van der Waals surface area contributed by atoms with Crippen molar-refractivity contribution in [2.45, 2.75) is 12.5 Å². The Hall–Kier alpha value is -1.99. The number of aliphatic hydroxyl groups is 1. The molecular formula is C12H14N4O2S. The first kappa shape index (κ1) is 13.4. The minimum Gasteiger partial charge on any atom is -0.383 e. The lowest BCUT2D eigenvalue weighted by molar-refractivity contribution is 0.0637. The van der Waals surface area contributed by atoms with Crippen LogP contribution >= 0.6 is 11.3 Å². The average Bonchev–Trinajstić information content (AvgIpc) is 2.92. The molecule has 6 nitrogen and oxygen atoms in total. The van der Waals surface area contributed by atoms with Crippen molar-refractivity contribution in [1.29, 1.82) is 0 Å². The SMILES string of the molecule is CC(O)(CNC(=O)Nc1cccnn1)c1cccs1. The predicted molar refractivity (Wildman–Crippen MR) is 72.9 cm³/mol. The third-order valence-corrected chi connectivity index (χ3v) is 3.58. The van der Waals surface area contributed by atoms with Gasteiger partial charge in [0.15, 0.2) is 5.82 Å². The molecule has 19 heavy (non-hydrogen) atoms. The number of rotatable bonds is 4. The Labute approximate surface area is 114 Å². The molecule has 0 saturated carbocycles. The van der Waals surface area contributed by atoms with Crippen LogP contribution in [0.25, 0.3) is 0 Å². The average molecular weight is 278 g/mol. The molecule has 0 aliphatic heterocycles. The highest BCUT2D eigenvalue weighted by Gasteiger charge is 2.24. The predicted octanol–water partition coefficient (Wildman–Crippen LogP) is 1.57. The minimum absolute atomic E-state index is 0.111. The van der Waals surface area contributed by atoms with Gasteiger partial charge in [0.25, 0.3) is 0 Å². The molecule has 0 spiro atoms. The molecular weight excluding hydrogens is 264 g/mol. The van der Waals surface area contributed by atoms with Gasteiger partial charge in [-0.2, -0.15) is 5.10 Å². The molecule has 0 radical (unpaired) electrons. The van der Waals surface area contributed by atoms with Gasteiger partial charge in [0.2, 0.25) is 0 Å². The van der Waals surface area contributed by atoms with Gasteiger partial charge >= 0.3 is 6.03 Å². The van der Waals surface area contributed by atoms with Crippen LogP contribution in [-0.4, -0.2) is 27.9 Å². The fraction of sp³-hybridized carbons (Fsp3) is 0.250. The minimum atomic E-state index is -1.09. The molecule has 0 fully saturated rings. The normalized spacial score (nSPS) is 13.6. The van der Waals surface area contributed by atoms with E-state index in [2.05, 4.69) is 20.8 Å². The number of urea groups is 1. The Kier molecular flexibility index (Phi) is 4.08. The number of carbonyl (C=O) groups excluding carboxylic acids is 1. The summed E-state index contributed by atoms with van der Waals surface area (Å²) in [6.07, 6.45) is 1.52. The topological polar surface area (TPSA) is 87.1 Å². The van der Waals surface area contributed by atoms with E-state index in [0.717, 1.165) is 4.88 Å². The molecule has 2 rings (SSSR count). The van der Waals surface area contributed by atoms with Gasteiger partial charge in [-0.3, -0.25) is 5.32 Å². The zero-order valence-electron chi connectivity index (χ0n) is 10.3. The van der Waals surface area contributed by atoms with E-state index in [-0.39, 0.29) is 6.54 Å². The molecule has 2 aromatic heterocycles. The second-order valence-corrected chi connectivity index (χ2v) is 5.12. The lowest BCUT2D eigenvalue weighted by Crippen LogP contribution is -2.40. The second-order valence-electron chi connectivity index (χ2n) is 4.17. The number of carbonyl (C=O) groups is 1. The van der Waals surface area contributed by atoms with Crippen LogP contribution in [0.2, 0.25) is 0 Å². The van der Waals surface area contributed by atoms with Gasteiger partial charge in [0.05, 0.1) is 6.54 Å². The van der Waals surface area contributed by atoms with Crippen LogP contribution in [0.15, 0.2) is 35.8 Å². The molecule has 3 N–H and O–H groups in total. The number of nitrogens with one attached hydrogen (secondary N) is 2.